The Kier molecular flexibility index (Phi) is 3.19. The monoisotopic (exact) mass is 317 g/mol. The summed E-state index contributed by atoms with van der Waals surface area (Å²) in [5.41, 5.74) is 1.26. The van der Waals surface area contributed by atoms with Gasteiger partial charge in [-0.1, -0.05) is 11.3 Å². The summed E-state index contributed by atoms with van der Waals surface area (Å²) in [6.45, 7) is 0.801. The Balaban J connectivity index is 1.88. The van der Waals surface area contributed by atoms with Crippen molar-refractivity contribution in [3.63, 3.8) is 0 Å². The Morgan fingerprint density at radius 1 is 1.33 bits per heavy atom. The van der Waals surface area contributed by atoms with Crippen molar-refractivity contribution in [3.05, 3.63) is 32.7 Å². The van der Waals surface area contributed by atoms with E-state index in [0.717, 1.165) is 5.69 Å². The summed E-state index contributed by atoms with van der Waals surface area (Å²) < 4.78 is 38.9. The van der Waals surface area contributed by atoms with Crippen molar-refractivity contribution < 1.29 is 13.2 Å². The third kappa shape index (κ3) is 2.62. The summed E-state index contributed by atoms with van der Waals surface area (Å²) in [5.74, 6) is 0. The minimum atomic E-state index is -4.49. The maximum absolute atomic E-state index is 12.5. The molecule has 0 aromatic carbocycles. The van der Waals surface area contributed by atoms with Crippen LogP contribution in [0.25, 0.3) is 0 Å². The van der Waals surface area contributed by atoms with Crippen molar-refractivity contribution in [1.29, 1.82) is 0 Å². The van der Waals surface area contributed by atoms with E-state index in [1.165, 1.54) is 10.7 Å². The molecule has 0 saturated heterocycles. The van der Waals surface area contributed by atoms with Gasteiger partial charge in [-0.05, 0) is 0 Å². The van der Waals surface area contributed by atoms with Gasteiger partial charge in [-0.25, -0.2) is 4.68 Å². The van der Waals surface area contributed by atoms with E-state index < -0.39 is 11.2 Å². The Hall–Kier alpha value is -1.97. The summed E-state index contributed by atoms with van der Waals surface area (Å²) in [4.78, 5) is 13.3. The van der Waals surface area contributed by atoms with Gasteiger partial charge in [0.2, 0.25) is 10.1 Å². The topological polar surface area (TPSA) is 63.9 Å². The van der Waals surface area contributed by atoms with Crippen molar-refractivity contribution >= 4 is 16.5 Å². The molecule has 2 aromatic rings. The molecular formula is C11H10F3N5OS. The molecule has 6 nitrogen and oxygen atoms in total. The molecule has 2 aromatic heterocycles. The quantitative estimate of drug-likeness (QED) is 0.791. The number of aromatic nitrogens is 4. The highest BCUT2D eigenvalue weighted by Crippen LogP contribution is 2.35. The normalized spacial score (nSPS) is 15.1. The number of alkyl halides is 3. The lowest BCUT2D eigenvalue weighted by atomic mass is 10.1. The van der Waals surface area contributed by atoms with Gasteiger partial charge in [0, 0.05) is 38.2 Å². The van der Waals surface area contributed by atoms with Crippen LogP contribution in [-0.4, -0.2) is 26.5 Å². The molecule has 0 saturated carbocycles. The highest BCUT2D eigenvalue weighted by atomic mass is 32.1. The van der Waals surface area contributed by atoms with Gasteiger partial charge in [-0.3, -0.25) is 4.79 Å². The van der Waals surface area contributed by atoms with Crippen LogP contribution in [0.4, 0.5) is 18.3 Å². The molecule has 0 atom stereocenters. The zero-order chi connectivity index (χ0) is 15.2. The Morgan fingerprint density at radius 2 is 2.10 bits per heavy atom. The van der Waals surface area contributed by atoms with Gasteiger partial charge < -0.3 is 4.90 Å². The average molecular weight is 317 g/mol. The van der Waals surface area contributed by atoms with Crippen LogP contribution in [0, 0.1) is 0 Å². The molecule has 112 valence electrons. The summed E-state index contributed by atoms with van der Waals surface area (Å²) in [5, 5.41) is 10.1. The van der Waals surface area contributed by atoms with Crippen molar-refractivity contribution in [1.82, 2.24) is 20.0 Å². The van der Waals surface area contributed by atoms with Crippen LogP contribution in [0.15, 0.2) is 10.9 Å². The third-order valence-corrected chi connectivity index (χ3v) is 4.19. The van der Waals surface area contributed by atoms with Crippen molar-refractivity contribution in [3.8, 4) is 0 Å². The molecule has 1 aliphatic heterocycles. The molecule has 21 heavy (non-hydrogen) atoms. The second-order valence-corrected chi connectivity index (χ2v) is 5.59. The standard InChI is InChI=1S/C11H10F3N5OS/c1-18-8(20)4-6-5-19(3-2-7(6)17-18)10-16-15-9(21-10)11(12,13)14/h4H,2-3,5H2,1H3. The lowest BCUT2D eigenvalue weighted by molar-refractivity contribution is -0.138. The molecule has 0 radical (unpaired) electrons. The number of aryl methyl sites for hydroxylation is 1. The summed E-state index contributed by atoms with van der Waals surface area (Å²) in [7, 11) is 1.56. The zero-order valence-corrected chi connectivity index (χ0v) is 11.7. The van der Waals surface area contributed by atoms with E-state index in [0.29, 0.717) is 36.4 Å². The van der Waals surface area contributed by atoms with Gasteiger partial charge in [0.25, 0.3) is 5.56 Å². The molecule has 0 fully saturated rings. The van der Waals surface area contributed by atoms with Crippen molar-refractivity contribution in [2.24, 2.45) is 7.05 Å². The molecule has 10 heteroatoms. The minimum Gasteiger partial charge on any atom is -0.342 e. The van der Waals surface area contributed by atoms with Crippen molar-refractivity contribution in [2.75, 3.05) is 11.4 Å². The molecular weight excluding hydrogens is 307 g/mol. The molecule has 1 aliphatic rings. The average Bonchev–Trinajstić information content (AvgIpc) is 2.89. The highest BCUT2D eigenvalue weighted by molar-refractivity contribution is 7.15. The summed E-state index contributed by atoms with van der Waals surface area (Å²) >= 11 is 0.503. The fraction of sp³-hybridized carbons (Fsp3) is 0.455. The number of halogens is 3. The van der Waals surface area contributed by atoms with E-state index in [1.807, 2.05) is 0 Å². The Morgan fingerprint density at radius 3 is 2.76 bits per heavy atom. The molecule has 0 aliphatic carbocycles. The fourth-order valence-corrected chi connectivity index (χ4v) is 2.85. The van der Waals surface area contributed by atoms with E-state index in [1.54, 1.807) is 11.9 Å². The van der Waals surface area contributed by atoms with E-state index >= 15 is 0 Å². The second kappa shape index (κ2) is 4.79. The molecule has 0 unspecified atom stereocenters. The maximum Gasteiger partial charge on any atom is 0.445 e. The lowest BCUT2D eigenvalue weighted by Crippen LogP contribution is -2.34. The van der Waals surface area contributed by atoms with Crippen LogP contribution < -0.4 is 10.5 Å². The van der Waals surface area contributed by atoms with E-state index in [9.17, 15) is 18.0 Å². The first-order chi connectivity index (χ1) is 9.84. The van der Waals surface area contributed by atoms with Crippen LogP contribution in [0.5, 0.6) is 0 Å². The van der Waals surface area contributed by atoms with Gasteiger partial charge in [0.15, 0.2) is 0 Å². The number of anilines is 1. The maximum atomic E-state index is 12.5. The number of rotatable bonds is 1. The smallest absolute Gasteiger partial charge is 0.342 e. The first-order valence-electron chi connectivity index (χ1n) is 6.06. The van der Waals surface area contributed by atoms with Crippen molar-refractivity contribution in [2.45, 2.75) is 19.1 Å². The van der Waals surface area contributed by atoms with Crippen LogP contribution in [-0.2, 0) is 26.2 Å². The third-order valence-electron chi connectivity index (χ3n) is 3.17. The largest absolute Gasteiger partial charge is 0.445 e. The number of hydrogen-bond acceptors (Lipinski definition) is 6. The molecule has 0 amide bonds. The van der Waals surface area contributed by atoms with Gasteiger partial charge in [0.1, 0.15) is 0 Å². The lowest BCUT2D eigenvalue weighted by Gasteiger charge is -2.27. The SMILES string of the molecule is Cn1nc2c(cc1=O)CN(c1nnc(C(F)(F)F)s1)CC2. The van der Waals surface area contributed by atoms with Crippen LogP contribution >= 0.6 is 11.3 Å². The predicted molar refractivity (Wildman–Crippen MR) is 69.1 cm³/mol. The van der Waals surface area contributed by atoms with E-state index in [2.05, 4.69) is 15.3 Å². The fourth-order valence-electron chi connectivity index (χ4n) is 2.11. The molecule has 0 N–H and O–H groups in total. The minimum absolute atomic E-state index is 0.202. The Labute approximate surface area is 120 Å². The summed E-state index contributed by atoms with van der Waals surface area (Å²) in [6, 6.07) is 1.46. The van der Waals surface area contributed by atoms with Gasteiger partial charge in [0.05, 0.1) is 5.69 Å². The number of hydrogen-bond donors (Lipinski definition) is 0. The highest BCUT2D eigenvalue weighted by Gasteiger charge is 2.36. The van der Waals surface area contributed by atoms with Crippen LogP contribution in [0.1, 0.15) is 16.3 Å². The van der Waals surface area contributed by atoms with Crippen LogP contribution in [0.3, 0.4) is 0 Å². The first-order valence-corrected chi connectivity index (χ1v) is 6.88. The molecule has 0 bridgehead atoms. The predicted octanol–water partition coefficient (Wildman–Crippen LogP) is 1.21. The van der Waals surface area contributed by atoms with Gasteiger partial charge in [-0.2, -0.15) is 18.3 Å². The Bertz CT molecular complexity index is 738. The number of nitrogens with zero attached hydrogens (tertiary/aromatic N) is 5. The van der Waals surface area contributed by atoms with Gasteiger partial charge in [-0.15, -0.1) is 10.2 Å². The first kappa shape index (κ1) is 14.0. The molecule has 3 heterocycles. The number of fused-ring (bicyclic) bond motifs is 1. The molecule has 0 spiro atoms. The van der Waals surface area contributed by atoms with Gasteiger partial charge >= 0.3 is 6.18 Å². The second-order valence-electron chi connectivity index (χ2n) is 4.64. The van der Waals surface area contributed by atoms with E-state index in [-0.39, 0.29) is 10.7 Å². The zero-order valence-electron chi connectivity index (χ0n) is 10.9. The van der Waals surface area contributed by atoms with Crippen LogP contribution in [0.2, 0.25) is 0 Å². The van der Waals surface area contributed by atoms with E-state index in [4.69, 9.17) is 0 Å². The summed E-state index contributed by atoms with van der Waals surface area (Å²) in [6.07, 6.45) is -3.94. The molecule has 3 rings (SSSR count).